The molecule has 27 heavy (non-hydrogen) atoms. The Bertz CT molecular complexity index is 965. The number of nitrogens with one attached hydrogen (secondary N) is 1. The average molecular weight is 379 g/mol. The second-order valence-corrected chi connectivity index (χ2v) is 7.90. The Morgan fingerprint density at radius 1 is 1.22 bits per heavy atom. The van der Waals surface area contributed by atoms with Gasteiger partial charge in [-0.2, -0.15) is 0 Å². The molecule has 2 aromatic carbocycles. The third-order valence-electron chi connectivity index (χ3n) is 4.86. The lowest BCUT2D eigenvalue weighted by atomic mass is 10.1. The van der Waals surface area contributed by atoms with Crippen LogP contribution in [0.15, 0.2) is 48.5 Å². The van der Waals surface area contributed by atoms with Crippen LogP contribution in [0, 0.1) is 0 Å². The predicted molar refractivity (Wildman–Crippen MR) is 108 cm³/mol. The number of aromatic nitrogens is 1. The Labute approximate surface area is 162 Å². The third-order valence-corrected chi connectivity index (χ3v) is 6.00. The molecule has 2 heterocycles. The lowest BCUT2D eigenvalue weighted by Gasteiger charge is -2.22. The fraction of sp³-hybridized carbons (Fsp3) is 0.286. The van der Waals surface area contributed by atoms with E-state index in [1.165, 1.54) is 11.6 Å². The van der Waals surface area contributed by atoms with Crippen LogP contribution in [0.2, 0.25) is 0 Å². The van der Waals surface area contributed by atoms with Crippen LogP contribution in [0.5, 0.6) is 0 Å². The van der Waals surface area contributed by atoms with E-state index in [-0.39, 0.29) is 17.7 Å². The maximum absolute atomic E-state index is 12.5. The van der Waals surface area contributed by atoms with Gasteiger partial charge in [0.1, 0.15) is 5.01 Å². The number of rotatable bonds is 5. The molecule has 0 bridgehead atoms. The number of carbonyl (C=O) groups is 2. The summed E-state index contributed by atoms with van der Waals surface area (Å²) in [5, 5.41) is 4.00. The minimum Gasteiger partial charge on any atom is -0.325 e. The minimum atomic E-state index is -0.0660. The predicted octanol–water partition coefficient (Wildman–Crippen LogP) is 4.27. The van der Waals surface area contributed by atoms with Crippen LogP contribution in [-0.2, 0) is 4.79 Å². The van der Waals surface area contributed by atoms with Gasteiger partial charge in [0, 0.05) is 11.3 Å². The van der Waals surface area contributed by atoms with Gasteiger partial charge >= 0.3 is 0 Å². The van der Waals surface area contributed by atoms with Gasteiger partial charge in [0.25, 0.3) is 0 Å². The first-order valence-electron chi connectivity index (χ1n) is 9.10. The molecule has 1 amide bonds. The Morgan fingerprint density at radius 3 is 2.89 bits per heavy atom. The summed E-state index contributed by atoms with van der Waals surface area (Å²) in [7, 11) is 0. The van der Waals surface area contributed by atoms with Crippen molar-refractivity contribution in [2.75, 3.05) is 18.4 Å². The van der Waals surface area contributed by atoms with Gasteiger partial charge in [0.05, 0.1) is 22.8 Å². The van der Waals surface area contributed by atoms with Crippen LogP contribution in [0.4, 0.5) is 5.69 Å². The Balaban J connectivity index is 1.45. The molecular weight excluding hydrogens is 358 g/mol. The average Bonchev–Trinajstić information content (AvgIpc) is 3.27. The van der Waals surface area contributed by atoms with E-state index >= 15 is 0 Å². The zero-order chi connectivity index (χ0) is 18.8. The highest BCUT2D eigenvalue weighted by Gasteiger charge is 2.30. The van der Waals surface area contributed by atoms with Gasteiger partial charge in [-0.3, -0.25) is 14.5 Å². The van der Waals surface area contributed by atoms with Crippen molar-refractivity contribution in [2.45, 2.75) is 25.8 Å². The van der Waals surface area contributed by atoms with Crippen LogP contribution in [-0.4, -0.2) is 34.7 Å². The van der Waals surface area contributed by atoms with E-state index in [2.05, 4.69) is 16.3 Å². The number of carbonyl (C=O) groups excluding carboxylic acids is 2. The fourth-order valence-electron chi connectivity index (χ4n) is 3.53. The molecule has 5 nitrogen and oxygen atoms in total. The SMILES string of the molecule is CC(=O)c1cccc(NC(=O)CN2CCCC2c2nc3ccccc3s2)c1. The van der Waals surface area contributed by atoms with Crippen molar-refractivity contribution in [3.05, 3.63) is 59.1 Å². The van der Waals surface area contributed by atoms with E-state index < -0.39 is 0 Å². The van der Waals surface area contributed by atoms with E-state index in [0.29, 0.717) is 17.8 Å². The maximum atomic E-state index is 12.5. The van der Waals surface area contributed by atoms with Gasteiger partial charge in [0.15, 0.2) is 5.78 Å². The number of thiazole rings is 1. The van der Waals surface area contributed by atoms with Crippen molar-refractivity contribution < 1.29 is 9.59 Å². The lowest BCUT2D eigenvalue weighted by molar-refractivity contribution is -0.117. The van der Waals surface area contributed by atoms with Gasteiger partial charge in [-0.05, 0) is 50.6 Å². The van der Waals surface area contributed by atoms with Crippen LogP contribution in [0.25, 0.3) is 10.2 Å². The fourth-order valence-corrected chi connectivity index (χ4v) is 4.67. The molecule has 4 rings (SSSR count). The van der Waals surface area contributed by atoms with Gasteiger partial charge in [-0.15, -0.1) is 11.3 Å². The quantitative estimate of drug-likeness (QED) is 0.672. The molecule has 1 aliphatic rings. The standard InChI is InChI=1S/C21H21N3O2S/c1-14(25)15-6-4-7-16(12-15)22-20(26)13-24-11-5-9-18(24)21-23-17-8-2-3-10-19(17)27-21/h2-4,6-8,10,12,18H,5,9,11,13H2,1H3,(H,22,26). The van der Waals surface area contributed by atoms with Gasteiger partial charge in [-0.1, -0.05) is 24.3 Å². The van der Waals surface area contributed by atoms with Gasteiger partial charge < -0.3 is 5.32 Å². The first-order chi connectivity index (χ1) is 13.1. The number of para-hydroxylation sites is 1. The van der Waals surface area contributed by atoms with Crippen molar-refractivity contribution in [3.8, 4) is 0 Å². The van der Waals surface area contributed by atoms with E-state index in [1.54, 1.807) is 35.6 Å². The van der Waals surface area contributed by atoms with E-state index in [0.717, 1.165) is 29.9 Å². The first-order valence-corrected chi connectivity index (χ1v) is 9.92. The van der Waals surface area contributed by atoms with Crippen LogP contribution >= 0.6 is 11.3 Å². The Kier molecular flexibility index (Phi) is 5.01. The number of benzene rings is 2. The molecule has 138 valence electrons. The summed E-state index contributed by atoms with van der Waals surface area (Å²) in [5.41, 5.74) is 2.28. The Hall–Kier alpha value is -2.57. The minimum absolute atomic E-state index is 0.0125. The van der Waals surface area contributed by atoms with E-state index in [9.17, 15) is 9.59 Å². The highest BCUT2D eigenvalue weighted by atomic mass is 32.1. The second kappa shape index (κ2) is 7.58. The highest BCUT2D eigenvalue weighted by Crippen LogP contribution is 2.36. The summed E-state index contributed by atoms with van der Waals surface area (Å²) in [4.78, 5) is 31.0. The normalized spacial score (nSPS) is 17.3. The molecule has 0 radical (unpaired) electrons. The summed E-state index contributed by atoms with van der Waals surface area (Å²) >= 11 is 1.71. The van der Waals surface area contributed by atoms with Gasteiger partial charge in [-0.25, -0.2) is 4.98 Å². The van der Waals surface area contributed by atoms with E-state index in [1.807, 2.05) is 18.2 Å². The summed E-state index contributed by atoms with van der Waals surface area (Å²) in [6.07, 6.45) is 2.08. The molecule has 1 saturated heterocycles. The molecule has 0 spiro atoms. The zero-order valence-corrected chi connectivity index (χ0v) is 16.0. The van der Waals surface area contributed by atoms with Crippen LogP contribution < -0.4 is 5.32 Å². The lowest BCUT2D eigenvalue weighted by Crippen LogP contribution is -2.32. The first kappa shape index (κ1) is 17.8. The number of fused-ring (bicyclic) bond motifs is 1. The largest absolute Gasteiger partial charge is 0.325 e. The monoisotopic (exact) mass is 379 g/mol. The zero-order valence-electron chi connectivity index (χ0n) is 15.1. The number of ketones is 1. The number of hydrogen-bond acceptors (Lipinski definition) is 5. The van der Waals surface area contributed by atoms with Crippen molar-refractivity contribution in [2.24, 2.45) is 0 Å². The Morgan fingerprint density at radius 2 is 2.07 bits per heavy atom. The molecule has 1 aliphatic heterocycles. The maximum Gasteiger partial charge on any atom is 0.238 e. The second-order valence-electron chi connectivity index (χ2n) is 6.83. The van der Waals surface area contributed by atoms with Gasteiger partial charge in [0.2, 0.25) is 5.91 Å². The molecule has 3 aromatic rings. The number of hydrogen-bond donors (Lipinski definition) is 1. The molecule has 0 saturated carbocycles. The summed E-state index contributed by atoms with van der Waals surface area (Å²) in [5.74, 6) is -0.0785. The summed E-state index contributed by atoms with van der Waals surface area (Å²) < 4.78 is 1.19. The summed E-state index contributed by atoms with van der Waals surface area (Å²) in [6.45, 7) is 2.74. The third kappa shape index (κ3) is 3.91. The molecule has 1 fully saturated rings. The number of nitrogens with zero attached hydrogens (tertiary/aromatic N) is 2. The van der Waals surface area contributed by atoms with Crippen molar-refractivity contribution in [3.63, 3.8) is 0 Å². The number of Topliss-reactive ketones (excluding diaryl/α,β-unsaturated/α-hetero) is 1. The molecule has 0 aliphatic carbocycles. The molecule has 1 aromatic heterocycles. The smallest absolute Gasteiger partial charge is 0.238 e. The summed E-state index contributed by atoms with van der Waals surface area (Å²) in [6, 6.07) is 15.4. The molecule has 1 N–H and O–H groups in total. The highest BCUT2D eigenvalue weighted by molar-refractivity contribution is 7.18. The number of amides is 1. The molecule has 1 atom stereocenters. The molecular formula is C21H21N3O2S. The number of likely N-dealkylation sites (tertiary alicyclic amines) is 1. The number of anilines is 1. The van der Waals surface area contributed by atoms with Crippen molar-refractivity contribution in [1.29, 1.82) is 0 Å². The molecule has 6 heteroatoms. The topological polar surface area (TPSA) is 62.3 Å². The van der Waals surface area contributed by atoms with E-state index in [4.69, 9.17) is 4.98 Å². The van der Waals surface area contributed by atoms with Crippen molar-refractivity contribution in [1.82, 2.24) is 9.88 Å². The van der Waals surface area contributed by atoms with Crippen molar-refractivity contribution >= 4 is 38.9 Å². The van der Waals surface area contributed by atoms with Crippen LogP contribution in [0.3, 0.4) is 0 Å². The van der Waals surface area contributed by atoms with Crippen LogP contribution in [0.1, 0.15) is 41.2 Å². The molecule has 1 unspecified atom stereocenters.